The Bertz CT molecular complexity index is 803. The van der Waals surface area contributed by atoms with E-state index in [-0.39, 0.29) is 0 Å². The molecule has 1 saturated heterocycles. The van der Waals surface area contributed by atoms with Crippen molar-refractivity contribution >= 4 is 28.9 Å². The number of hydrogen-bond donors (Lipinski definition) is 0. The van der Waals surface area contributed by atoms with Crippen LogP contribution in [0.25, 0.3) is 0 Å². The van der Waals surface area contributed by atoms with Crippen LogP contribution >= 0.6 is 11.3 Å². The van der Waals surface area contributed by atoms with Crippen molar-refractivity contribution in [1.29, 1.82) is 0 Å². The van der Waals surface area contributed by atoms with Crippen molar-refractivity contribution in [3.63, 3.8) is 0 Å². The van der Waals surface area contributed by atoms with Crippen LogP contribution in [-0.2, 0) is 20.7 Å². The highest BCUT2D eigenvalue weighted by Crippen LogP contribution is 2.35. The molecule has 0 N–H and O–H groups in total. The van der Waals surface area contributed by atoms with Crippen LogP contribution in [-0.4, -0.2) is 55.2 Å². The largest absolute Gasteiger partial charge is 0.467 e. The highest BCUT2D eigenvalue weighted by Gasteiger charge is 2.50. The highest BCUT2D eigenvalue weighted by atomic mass is 32.1. The van der Waals surface area contributed by atoms with E-state index in [9.17, 15) is 14.0 Å². The molecule has 0 spiro atoms. The summed E-state index contributed by atoms with van der Waals surface area (Å²) < 4.78 is 19.2. The zero-order valence-corrected chi connectivity index (χ0v) is 17.7. The van der Waals surface area contributed by atoms with Crippen LogP contribution in [0.4, 0.5) is 10.1 Å². The molecular formula is C22H27FN2O3S. The second kappa shape index (κ2) is 9.50. The normalized spacial score (nSPS) is 17.5. The van der Waals surface area contributed by atoms with Crippen molar-refractivity contribution in [3.05, 3.63) is 52.7 Å². The van der Waals surface area contributed by atoms with Crippen LogP contribution in [0, 0.1) is 0 Å². The Labute approximate surface area is 175 Å². The number of para-hydroxylation sites is 1. The Kier molecular flexibility index (Phi) is 7.03. The quantitative estimate of drug-likeness (QED) is 0.644. The zero-order valence-electron chi connectivity index (χ0n) is 16.8. The molecule has 1 aliphatic heterocycles. The van der Waals surface area contributed by atoms with Gasteiger partial charge in [-0.2, -0.15) is 0 Å². The van der Waals surface area contributed by atoms with Gasteiger partial charge in [0.05, 0.1) is 7.11 Å². The average molecular weight is 419 g/mol. The number of ether oxygens (including phenoxy) is 1. The van der Waals surface area contributed by atoms with Gasteiger partial charge < -0.3 is 9.64 Å². The van der Waals surface area contributed by atoms with Crippen molar-refractivity contribution in [3.8, 4) is 0 Å². The SMILES string of the molecule is COC(=O)C1(N(C(=O)C(C)F)c2ccccc2)CCN(CCc2cccs2)CC1. The van der Waals surface area contributed by atoms with Gasteiger partial charge in [-0.1, -0.05) is 24.3 Å². The van der Waals surface area contributed by atoms with Gasteiger partial charge in [0.15, 0.2) is 6.17 Å². The van der Waals surface area contributed by atoms with Crippen molar-refractivity contribution < 1.29 is 18.7 Å². The molecule has 0 bridgehead atoms. The monoisotopic (exact) mass is 418 g/mol. The van der Waals surface area contributed by atoms with Gasteiger partial charge in [-0.15, -0.1) is 11.3 Å². The molecule has 1 aromatic carbocycles. The summed E-state index contributed by atoms with van der Waals surface area (Å²) in [6.45, 7) is 3.37. The number of likely N-dealkylation sites (tertiary alicyclic amines) is 1. The average Bonchev–Trinajstić information content (AvgIpc) is 3.27. The lowest BCUT2D eigenvalue weighted by molar-refractivity contribution is -0.151. The van der Waals surface area contributed by atoms with Gasteiger partial charge in [-0.05, 0) is 49.8 Å². The number of carbonyl (C=O) groups excluding carboxylic acids is 2. The number of nitrogens with zero attached hydrogens (tertiary/aromatic N) is 2. The van der Waals surface area contributed by atoms with E-state index in [0.717, 1.165) is 13.0 Å². The Hall–Kier alpha value is -2.25. The smallest absolute Gasteiger partial charge is 0.332 e. The molecule has 0 radical (unpaired) electrons. The Balaban J connectivity index is 1.84. The fourth-order valence-electron chi connectivity index (χ4n) is 3.92. The molecule has 156 valence electrons. The first-order valence-electron chi connectivity index (χ1n) is 9.84. The van der Waals surface area contributed by atoms with E-state index < -0.39 is 23.6 Å². The number of hydrogen-bond acceptors (Lipinski definition) is 5. The third-order valence-corrected chi connectivity index (χ3v) is 6.44. The molecule has 0 saturated carbocycles. The fourth-order valence-corrected chi connectivity index (χ4v) is 4.62. The summed E-state index contributed by atoms with van der Waals surface area (Å²) in [6.07, 6.45) is 0.0364. The summed E-state index contributed by atoms with van der Waals surface area (Å²) in [4.78, 5) is 30.7. The van der Waals surface area contributed by atoms with Gasteiger partial charge in [0.1, 0.15) is 5.54 Å². The van der Waals surface area contributed by atoms with Crippen LogP contribution < -0.4 is 4.90 Å². The number of piperidine rings is 1. The fraction of sp³-hybridized carbons (Fsp3) is 0.455. The number of anilines is 1. The van der Waals surface area contributed by atoms with Gasteiger partial charge >= 0.3 is 5.97 Å². The maximum Gasteiger partial charge on any atom is 0.332 e. The lowest BCUT2D eigenvalue weighted by Crippen LogP contribution is -2.64. The minimum atomic E-state index is -1.71. The maximum atomic E-state index is 14.1. The molecular weight excluding hydrogens is 391 g/mol. The minimum absolute atomic E-state index is 0.400. The van der Waals surface area contributed by atoms with Crippen molar-refractivity contribution in [2.24, 2.45) is 0 Å². The predicted octanol–water partition coefficient (Wildman–Crippen LogP) is 3.69. The second-order valence-electron chi connectivity index (χ2n) is 7.32. The lowest BCUT2D eigenvalue weighted by Gasteiger charge is -2.46. The summed E-state index contributed by atoms with van der Waals surface area (Å²) in [5.74, 6) is -1.21. The maximum absolute atomic E-state index is 14.1. The molecule has 1 atom stereocenters. The molecule has 7 heteroatoms. The number of carbonyl (C=O) groups is 2. The molecule has 3 rings (SSSR count). The van der Waals surface area contributed by atoms with Crippen LogP contribution in [0.1, 0.15) is 24.6 Å². The molecule has 1 aromatic heterocycles. The second-order valence-corrected chi connectivity index (χ2v) is 8.35. The molecule has 1 unspecified atom stereocenters. The van der Waals surface area contributed by atoms with Gasteiger partial charge in [-0.25, -0.2) is 9.18 Å². The number of rotatable bonds is 7. The van der Waals surface area contributed by atoms with Crippen LogP contribution in [0.2, 0.25) is 0 Å². The summed E-state index contributed by atoms with van der Waals surface area (Å²) in [5, 5.41) is 2.06. The van der Waals surface area contributed by atoms with Crippen LogP contribution in [0.5, 0.6) is 0 Å². The Morgan fingerprint density at radius 2 is 1.90 bits per heavy atom. The van der Waals surface area contributed by atoms with Crippen molar-refractivity contribution in [1.82, 2.24) is 4.90 Å². The molecule has 0 aliphatic carbocycles. The van der Waals surface area contributed by atoms with Crippen molar-refractivity contribution in [2.45, 2.75) is 37.9 Å². The van der Waals surface area contributed by atoms with Gasteiger partial charge in [0, 0.05) is 30.2 Å². The summed E-state index contributed by atoms with van der Waals surface area (Å²) in [7, 11) is 1.32. The minimum Gasteiger partial charge on any atom is -0.467 e. The van der Waals surface area contributed by atoms with E-state index in [1.165, 1.54) is 23.8 Å². The van der Waals surface area contributed by atoms with Crippen LogP contribution in [0.3, 0.4) is 0 Å². The number of thiophene rings is 1. The summed E-state index contributed by atoms with van der Waals surface area (Å²) in [5.41, 5.74) is -0.688. The summed E-state index contributed by atoms with van der Waals surface area (Å²) in [6, 6.07) is 13.0. The van der Waals surface area contributed by atoms with E-state index in [4.69, 9.17) is 4.74 Å². The Morgan fingerprint density at radius 3 is 2.45 bits per heavy atom. The first-order valence-corrected chi connectivity index (χ1v) is 10.7. The number of halogens is 1. The van der Waals surface area contributed by atoms with E-state index >= 15 is 0 Å². The predicted molar refractivity (Wildman–Crippen MR) is 113 cm³/mol. The van der Waals surface area contributed by atoms with E-state index in [0.29, 0.717) is 31.6 Å². The van der Waals surface area contributed by atoms with E-state index in [1.807, 2.05) is 12.1 Å². The lowest BCUT2D eigenvalue weighted by atomic mass is 9.84. The molecule has 1 amide bonds. The van der Waals surface area contributed by atoms with Gasteiger partial charge in [-0.3, -0.25) is 9.69 Å². The van der Waals surface area contributed by atoms with Crippen molar-refractivity contribution in [2.75, 3.05) is 31.6 Å². The first-order chi connectivity index (χ1) is 14.0. The number of esters is 1. The Morgan fingerprint density at radius 1 is 1.21 bits per heavy atom. The molecule has 1 fully saturated rings. The third kappa shape index (κ3) is 4.67. The molecule has 1 aliphatic rings. The molecule has 29 heavy (non-hydrogen) atoms. The van der Waals surface area contributed by atoms with E-state index in [2.05, 4.69) is 16.3 Å². The standard InChI is InChI=1S/C22H27FN2O3S/c1-17(23)20(26)25(18-7-4-3-5-8-18)22(21(27)28-2)11-14-24(15-12-22)13-10-19-9-6-16-29-19/h3-9,16-17H,10-15H2,1-2H3. The zero-order chi connectivity index (χ0) is 20.9. The topological polar surface area (TPSA) is 49.9 Å². The van der Waals surface area contributed by atoms with Gasteiger partial charge in [0.2, 0.25) is 0 Å². The molecule has 2 aromatic rings. The number of alkyl halides is 1. The summed E-state index contributed by atoms with van der Waals surface area (Å²) >= 11 is 1.73. The van der Waals surface area contributed by atoms with E-state index in [1.54, 1.807) is 35.6 Å². The first kappa shape index (κ1) is 21.5. The number of methoxy groups -OCH3 is 1. The number of benzene rings is 1. The molecule has 5 nitrogen and oxygen atoms in total. The molecule has 2 heterocycles. The number of amides is 1. The van der Waals surface area contributed by atoms with Crippen LogP contribution in [0.15, 0.2) is 47.8 Å². The highest BCUT2D eigenvalue weighted by molar-refractivity contribution is 7.09. The van der Waals surface area contributed by atoms with Gasteiger partial charge in [0.25, 0.3) is 5.91 Å². The third-order valence-electron chi connectivity index (χ3n) is 5.51.